The fourth-order valence-corrected chi connectivity index (χ4v) is 1.47. The molecule has 2 aromatic rings. The van der Waals surface area contributed by atoms with Crippen molar-refractivity contribution < 1.29 is 4.92 Å². The Morgan fingerprint density at radius 2 is 2.21 bits per heavy atom. The van der Waals surface area contributed by atoms with Gasteiger partial charge >= 0.3 is 5.69 Å². The second kappa shape index (κ2) is 5.71. The molecule has 2 rings (SSSR count). The fourth-order valence-electron chi connectivity index (χ4n) is 1.47. The van der Waals surface area contributed by atoms with Gasteiger partial charge in [-0.1, -0.05) is 0 Å². The van der Waals surface area contributed by atoms with Gasteiger partial charge in [-0.25, -0.2) is 4.98 Å². The lowest BCUT2D eigenvalue weighted by Gasteiger charge is -2.07. The number of nitrogens with zero attached hydrogens (tertiary/aromatic N) is 4. The minimum absolute atomic E-state index is 0.0807. The Morgan fingerprint density at radius 3 is 2.84 bits per heavy atom. The van der Waals surface area contributed by atoms with Crippen molar-refractivity contribution in [3.05, 3.63) is 46.3 Å². The third kappa shape index (κ3) is 3.12. The number of nitro groups is 1. The molecule has 0 unspecified atom stereocenters. The predicted octanol–water partition coefficient (Wildman–Crippen LogP) is 1.43. The highest BCUT2D eigenvalue weighted by atomic mass is 16.6. The summed E-state index contributed by atoms with van der Waals surface area (Å²) in [6.07, 6.45) is 1.56. The summed E-state index contributed by atoms with van der Waals surface area (Å²) in [6, 6.07) is 6.47. The summed E-state index contributed by atoms with van der Waals surface area (Å²) in [5.41, 5.74) is 0.594. The summed E-state index contributed by atoms with van der Waals surface area (Å²) in [4.78, 5) is 14.5. The zero-order valence-corrected chi connectivity index (χ0v) is 10.2. The molecule has 2 heterocycles. The van der Waals surface area contributed by atoms with Gasteiger partial charge in [0.2, 0.25) is 5.82 Å². The first-order valence-corrected chi connectivity index (χ1v) is 5.54. The first-order chi connectivity index (χ1) is 9.20. The van der Waals surface area contributed by atoms with Crippen molar-refractivity contribution in [2.75, 3.05) is 17.7 Å². The van der Waals surface area contributed by atoms with Crippen molar-refractivity contribution in [1.82, 2.24) is 15.2 Å². The lowest BCUT2D eigenvalue weighted by Crippen LogP contribution is -2.07. The molecule has 0 atom stereocenters. The van der Waals surface area contributed by atoms with Crippen LogP contribution in [0.4, 0.5) is 17.3 Å². The molecule has 0 saturated heterocycles. The largest absolute Gasteiger partial charge is 0.373 e. The molecule has 2 aromatic heterocycles. The SMILES string of the molecule is CNc1ccc([N+](=O)[O-])c(NCc2cccnn2)n1. The van der Waals surface area contributed by atoms with Gasteiger partial charge in [0.15, 0.2) is 0 Å². The second-order valence-electron chi connectivity index (χ2n) is 3.64. The molecule has 0 bridgehead atoms. The lowest BCUT2D eigenvalue weighted by molar-refractivity contribution is -0.384. The molecule has 0 aliphatic rings. The Morgan fingerprint density at radius 1 is 1.37 bits per heavy atom. The monoisotopic (exact) mass is 260 g/mol. The molecule has 0 saturated carbocycles. The summed E-state index contributed by atoms with van der Waals surface area (Å²) in [5.74, 6) is 0.745. The number of hydrogen-bond acceptors (Lipinski definition) is 7. The van der Waals surface area contributed by atoms with E-state index in [4.69, 9.17) is 0 Å². The van der Waals surface area contributed by atoms with E-state index in [1.807, 2.05) is 0 Å². The highest BCUT2D eigenvalue weighted by Gasteiger charge is 2.15. The van der Waals surface area contributed by atoms with Crippen molar-refractivity contribution in [2.24, 2.45) is 0 Å². The van der Waals surface area contributed by atoms with Crippen LogP contribution in [0.5, 0.6) is 0 Å². The van der Waals surface area contributed by atoms with Crippen molar-refractivity contribution in [3.63, 3.8) is 0 Å². The first kappa shape index (κ1) is 12.7. The molecular weight excluding hydrogens is 248 g/mol. The topological polar surface area (TPSA) is 106 Å². The number of anilines is 2. The minimum atomic E-state index is -0.481. The highest BCUT2D eigenvalue weighted by molar-refractivity contribution is 5.60. The van der Waals surface area contributed by atoms with Gasteiger partial charge in [0.25, 0.3) is 0 Å². The van der Waals surface area contributed by atoms with Crippen LogP contribution in [-0.4, -0.2) is 27.2 Å². The lowest BCUT2D eigenvalue weighted by atomic mass is 10.3. The molecule has 0 aliphatic heterocycles. The maximum absolute atomic E-state index is 10.9. The van der Waals surface area contributed by atoms with E-state index in [0.717, 1.165) is 0 Å². The third-order valence-corrected chi connectivity index (χ3v) is 2.39. The Bertz CT molecular complexity index is 575. The van der Waals surface area contributed by atoms with Crippen LogP contribution >= 0.6 is 0 Å². The number of aromatic nitrogens is 3. The van der Waals surface area contributed by atoms with E-state index in [1.54, 1.807) is 31.4 Å². The van der Waals surface area contributed by atoms with Gasteiger partial charge in [-0.15, -0.1) is 0 Å². The van der Waals surface area contributed by atoms with Crippen LogP contribution in [0, 0.1) is 10.1 Å². The molecule has 0 aromatic carbocycles. The summed E-state index contributed by atoms with van der Waals surface area (Å²) in [7, 11) is 1.70. The number of pyridine rings is 1. The number of hydrogen-bond donors (Lipinski definition) is 2. The van der Waals surface area contributed by atoms with Crippen molar-refractivity contribution in [3.8, 4) is 0 Å². The fraction of sp³-hybridized carbons (Fsp3) is 0.182. The van der Waals surface area contributed by atoms with Crippen molar-refractivity contribution >= 4 is 17.3 Å². The van der Waals surface area contributed by atoms with Gasteiger partial charge in [0, 0.05) is 19.3 Å². The second-order valence-corrected chi connectivity index (χ2v) is 3.64. The zero-order valence-electron chi connectivity index (χ0n) is 10.2. The van der Waals surface area contributed by atoms with Gasteiger partial charge in [0.05, 0.1) is 17.2 Å². The molecule has 98 valence electrons. The highest BCUT2D eigenvalue weighted by Crippen LogP contribution is 2.24. The average molecular weight is 260 g/mol. The van der Waals surface area contributed by atoms with E-state index in [1.165, 1.54) is 6.07 Å². The van der Waals surface area contributed by atoms with Crippen molar-refractivity contribution in [2.45, 2.75) is 6.54 Å². The molecule has 0 radical (unpaired) electrons. The van der Waals surface area contributed by atoms with Crippen LogP contribution in [0.15, 0.2) is 30.5 Å². The Labute approximate surface area is 109 Å². The Balaban J connectivity index is 2.20. The molecule has 19 heavy (non-hydrogen) atoms. The van der Waals surface area contributed by atoms with Crippen LogP contribution in [0.25, 0.3) is 0 Å². The number of rotatable bonds is 5. The van der Waals surface area contributed by atoms with E-state index in [2.05, 4.69) is 25.8 Å². The van der Waals surface area contributed by atoms with Gasteiger partial charge in [-0.05, 0) is 18.2 Å². The minimum Gasteiger partial charge on any atom is -0.373 e. The van der Waals surface area contributed by atoms with Gasteiger partial charge in [0.1, 0.15) is 5.82 Å². The standard InChI is InChI=1S/C11H12N6O2/c1-12-10-5-4-9(17(18)19)11(15-10)13-7-8-3-2-6-14-16-8/h2-6H,7H2,1H3,(H2,12,13,15). The van der Waals surface area contributed by atoms with E-state index < -0.39 is 4.92 Å². The normalized spacial score (nSPS) is 9.95. The molecule has 0 spiro atoms. The molecule has 2 N–H and O–H groups in total. The number of nitrogens with one attached hydrogen (secondary N) is 2. The molecule has 8 heteroatoms. The zero-order chi connectivity index (χ0) is 13.7. The smallest absolute Gasteiger partial charge is 0.311 e. The van der Waals surface area contributed by atoms with Crippen LogP contribution in [0.2, 0.25) is 0 Å². The average Bonchev–Trinajstić information content (AvgIpc) is 2.45. The van der Waals surface area contributed by atoms with Gasteiger partial charge < -0.3 is 10.6 Å². The maximum Gasteiger partial charge on any atom is 0.311 e. The molecule has 0 aliphatic carbocycles. The summed E-state index contributed by atoms with van der Waals surface area (Å²) in [6.45, 7) is 0.314. The van der Waals surface area contributed by atoms with E-state index in [9.17, 15) is 10.1 Å². The van der Waals surface area contributed by atoms with Gasteiger partial charge in [-0.3, -0.25) is 10.1 Å². The van der Waals surface area contributed by atoms with Crippen LogP contribution in [0.1, 0.15) is 5.69 Å². The molecule has 8 nitrogen and oxygen atoms in total. The summed E-state index contributed by atoms with van der Waals surface area (Å²) >= 11 is 0. The van der Waals surface area contributed by atoms with Crippen LogP contribution in [0.3, 0.4) is 0 Å². The summed E-state index contributed by atoms with van der Waals surface area (Å²) in [5, 5.41) is 24.2. The van der Waals surface area contributed by atoms with E-state index >= 15 is 0 Å². The Hall–Kier alpha value is -2.77. The van der Waals surface area contributed by atoms with E-state index in [0.29, 0.717) is 18.1 Å². The Kier molecular flexibility index (Phi) is 3.81. The van der Waals surface area contributed by atoms with E-state index in [-0.39, 0.29) is 11.5 Å². The molecule has 0 amide bonds. The van der Waals surface area contributed by atoms with Crippen LogP contribution in [-0.2, 0) is 6.54 Å². The van der Waals surface area contributed by atoms with Crippen molar-refractivity contribution in [1.29, 1.82) is 0 Å². The molecule has 0 fully saturated rings. The third-order valence-electron chi connectivity index (χ3n) is 2.39. The quantitative estimate of drug-likeness (QED) is 0.618. The summed E-state index contributed by atoms with van der Waals surface area (Å²) < 4.78 is 0. The first-order valence-electron chi connectivity index (χ1n) is 5.54. The maximum atomic E-state index is 10.9. The predicted molar refractivity (Wildman–Crippen MR) is 69.8 cm³/mol. The molecular formula is C11H12N6O2. The van der Waals surface area contributed by atoms with Gasteiger partial charge in [-0.2, -0.15) is 10.2 Å². The van der Waals surface area contributed by atoms with Crippen LogP contribution < -0.4 is 10.6 Å².